The van der Waals surface area contributed by atoms with Crippen LogP contribution in [0.4, 0.5) is 0 Å². The van der Waals surface area contributed by atoms with Crippen LogP contribution in [0.15, 0.2) is 12.2 Å². The molecule has 0 bridgehead atoms. The van der Waals surface area contributed by atoms with Gasteiger partial charge in [-0.1, -0.05) is 39.2 Å². The molecule has 0 heteroatoms. The molecular formula is C14H26. The lowest BCUT2D eigenvalue weighted by Crippen LogP contribution is -2.30. The van der Waals surface area contributed by atoms with Crippen molar-refractivity contribution in [3.05, 3.63) is 12.2 Å². The summed E-state index contributed by atoms with van der Waals surface area (Å²) in [5.41, 5.74) is 1.35. The largest absolute Gasteiger partial charge is 0.100 e. The molecule has 0 amide bonds. The van der Waals surface area contributed by atoms with Crippen molar-refractivity contribution in [1.29, 1.82) is 0 Å². The fourth-order valence-electron chi connectivity index (χ4n) is 2.90. The fraction of sp³-hybridized carbons (Fsp3) is 0.857. The quantitative estimate of drug-likeness (QED) is 0.573. The summed E-state index contributed by atoms with van der Waals surface area (Å²) in [6.45, 7) is 13.5. The van der Waals surface area contributed by atoms with Crippen molar-refractivity contribution < 1.29 is 0 Å². The number of hydrogen-bond donors (Lipinski definition) is 0. The van der Waals surface area contributed by atoms with Gasteiger partial charge in [-0.2, -0.15) is 0 Å². The van der Waals surface area contributed by atoms with Gasteiger partial charge in [0.05, 0.1) is 0 Å². The molecule has 1 fully saturated rings. The first-order valence-corrected chi connectivity index (χ1v) is 6.16. The fourth-order valence-corrected chi connectivity index (χ4v) is 2.90. The van der Waals surface area contributed by atoms with Gasteiger partial charge >= 0.3 is 0 Å². The molecule has 0 aromatic heterocycles. The molecule has 0 heterocycles. The van der Waals surface area contributed by atoms with E-state index in [-0.39, 0.29) is 0 Å². The van der Waals surface area contributed by atoms with Gasteiger partial charge in [0, 0.05) is 0 Å². The first kappa shape index (κ1) is 11.8. The summed E-state index contributed by atoms with van der Waals surface area (Å²) in [6, 6.07) is 0. The van der Waals surface area contributed by atoms with Gasteiger partial charge in [-0.15, -0.1) is 6.58 Å². The minimum absolute atomic E-state index is 0.915. The van der Waals surface area contributed by atoms with Crippen molar-refractivity contribution in [2.45, 2.75) is 53.4 Å². The van der Waals surface area contributed by atoms with Crippen LogP contribution in [0.1, 0.15) is 53.4 Å². The number of rotatable bonds is 3. The van der Waals surface area contributed by atoms with Gasteiger partial charge in [-0.05, 0) is 43.4 Å². The van der Waals surface area contributed by atoms with Crippen LogP contribution in [0.2, 0.25) is 0 Å². The molecule has 0 aliphatic heterocycles. The van der Waals surface area contributed by atoms with E-state index in [2.05, 4.69) is 34.3 Å². The lowest BCUT2D eigenvalue weighted by Gasteiger charge is -2.39. The summed E-state index contributed by atoms with van der Waals surface area (Å²) in [7, 11) is 0. The molecule has 0 aromatic carbocycles. The van der Waals surface area contributed by atoms with E-state index in [1.54, 1.807) is 0 Å². The number of allylic oxidation sites excluding steroid dienone is 1. The SMILES string of the molecule is C=C(C)CCC1C(C)CCC(C)C1C. The lowest BCUT2D eigenvalue weighted by atomic mass is 9.67. The van der Waals surface area contributed by atoms with Crippen molar-refractivity contribution in [2.75, 3.05) is 0 Å². The van der Waals surface area contributed by atoms with Crippen molar-refractivity contribution >= 4 is 0 Å². The highest BCUT2D eigenvalue weighted by atomic mass is 14.4. The van der Waals surface area contributed by atoms with Crippen molar-refractivity contribution in [3.63, 3.8) is 0 Å². The summed E-state index contributed by atoms with van der Waals surface area (Å²) in [6.07, 6.45) is 5.46. The van der Waals surface area contributed by atoms with Gasteiger partial charge in [0.2, 0.25) is 0 Å². The second kappa shape index (κ2) is 5.00. The average Bonchev–Trinajstić information content (AvgIpc) is 2.11. The molecule has 0 aromatic rings. The van der Waals surface area contributed by atoms with Gasteiger partial charge in [-0.3, -0.25) is 0 Å². The van der Waals surface area contributed by atoms with Gasteiger partial charge in [-0.25, -0.2) is 0 Å². The lowest BCUT2D eigenvalue weighted by molar-refractivity contribution is 0.114. The third kappa shape index (κ3) is 2.87. The van der Waals surface area contributed by atoms with Crippen molar-refractivity contribution in [1.82, 2.24) is 0 Å². The van der Waals surface area contributed by atoms with Crippen LogP contribution in [0.25, 0.3) is 0 Å². The van der Waals surface area contributed by atoms with Crippen LogP contribution in [-0.2, 0) is 0 Å². The van der Waals surface area contributed by atoms with E-state index in [0.29, 0.717) is 0 Å². The normalized spacial score (nSPS) is 38.3. The average molecular weight is 194 g/mol. The maximum atomic E-state index is 4.01. The van der Waals surface area contributed by atoms with E-state index < -0.39 is 0 Å². The Morgan fingerprint density at radius 3 is 2.29 bits per heavy atom. The van der Waals surface area contributed by atoms with E-state index in [9.17, 15) is 0 Å². The van der Waals surface area contributed by atoms with Crippen molar-refractivity contribution in [2.24, 2.45) is 23.7 Å². The third-order valence-electron chi connectivity index (χ3n) is 4.29. The van der Waals surface area contributed by atoms with Crippen LogP contribution in [-0.4, -0.2) is 0 Å². The zero-order chi connectivity index (χ0) is 10.7. The van der Waals surface area contributed by atoms with E-state index in [4.69, 9.17) is 0 Å². The second-order valence-electron chi connectivity index (χ2n) is 5.55. The highest BCUT2D eigenvalue weighted by Crippen LogP contribution is 2.40. The molecule has 1 aliphatic carbocycles. The predicted molar refractivity (Wildman–Crippen MR) is 64.3 cm³/mol. The van der Waals surface area contributed by atoms with E-state index >= 15 is 0 Å². The van der Waals surface area contributed by atoms with Gasteiger partial charge in [0.25, 0.3) is 0 Å². The molecule has 0 radical (unpaired) electrons. The van der Waals surface area contributed by atoms with Crippen LogP contribution >= 0.6 is 0 Å². The maximum Gasteiger partial charge on any atom is -0.0323 e. The van der Waals surface area contributed by atoms with Crippen molar-refractivity contribution in [3.8, 4) is 0 Å². The molecule has 0 spiro atoms. The number of hydrogen-bond acceptors (Lipinski definition) is 0. The van der Waals surface area contributed by atoms with Crippen LogP contribution in [0, 0.1) is 23.7 Å². The zero-order valence-corrected chi connectivity index (χ0v) is 10.3. The Morgan fingerprint density at radius 1 is 1.14 bits per heavy atom. The smallest absolute Gasteiger partial charge is 0.0323 e. The first-order valence-electron chi connectivity index (χ1n) is 6.16. The van der Waals surface area contributed by atoms with E-state index in [0.717, 1.165) is 23.7 Å². The van der Waals surface area contributed by atoms with Crippen LogP contribution in [0.3, 0.4) is 0 Å². The minimum atomic E-state index is 0.915. The monoisotopic (exact) mass is 194 g/mol. The molecule has 0 N–H and O–H groups in total. The molecule has 1 aliphatic rings. The van der Waals surface area contributed by atoms with Gasteiger partial charge in [0.1, 0.15) is 0 Å². The summed E-state index contributed by atoms with van der Waals surface area (Å²) in [5, 5.41) is 0. The molecule has 4 unspecified atom stereocenters. The van der Waals surface area contributed by atoms with Gasteiger partial charge in [0.15, 0.2) is 0 Å². The van der Waals surface area contributed by atoms with E-state index in [1.807, 2.05) is 0 Å². The Morgan fingerprint density at radius 2 is 1.71 bits per heavy atom. The maximum absolute atomic E-state index is 4.01. The highest BCUT2D eigenvalue weighted by Gasteiger charge is 2.31. The van der Waals surface area contributed by atoms with Gasteiger partial charge < -0.3 is 0 Å². The minimum Gasteiger partial charge on any atom is -0.100 e. The molecular weight excluding hydrogens is 168 g/mol. The summed E-state index contributed by atoms with van der Waals surface area (Å²) in [4.78, 5) is 0. The molecule has 0 nitrogen and oxygen atoms in total. The molecule has 82 valence electrons. The molecule has 14 heavy (non-hydrogen) atoms. The molecule has 4 atom stereocenters. The topological polar surface area (TPSA) is 0 Å². The first-order chi connectivity index (χ1) is 6.52. The van der Waals surface area contributed by atoms with E-state index in [1.165, 1.54) is 31.3 Å². The summed E-state index contributed by atoms with van der Waals surface area (Å²) >= 11 is 0. The zero-order valence-electron chi connectivity index (χ0n) is 10.3. The Bertz CT molecular complexity index is 192. The highest BCUT2D eigenvalue weighted by molar-refractivity contribution is 4.91. The summed E-state index contributed by atoms with van der Waals surface area (Å²) < 4.78 is 0. The molecule has 1 saturated carbocycles. The van der Waals surface area contributed by atoms with Crippen LogP contribution < -0.4 is 0 Å². The Kier molecular flexibility index (Phi) is 4.22. The Hall–Kier alpha value is -0.260. The molecule has 1 rings (SSSR count). The second-order valence-corrected chi connectivity index (χ2v) is 5.55. The third-order valence-corrected chi connectivity index (χ3v) is 4.29. The Labute approximate surface area is 89.8 Å². The Balaban J connectivity index is 2.49. The standard InChI is InChI=1S/C14H26/c1-10(2)6-9-14-12(4)8-7-11(3)13(14)5/h11-14H,1,6-9H2,2-5H3. The molecule has 0 saturated heterocycles. The predicted octanol–water partition coefficient (Wildman–Crippen LogP) is 4.66. The summed E-state index contributed by atoms with van der Waals surface area (Å²) in [5.74, 6) is 3.72. The van der Waals surface area contributed by atoms with Crippen LogP contribution in [0.5, 0.6) is 0 Å².